The molecule has 5 nitrogen and oxygen atoms in total. The highest BCUT2D eigenvalue weighted by Crippen LogP contribution is 2.30. The van der Waals surface area contributed by atoms with Crippen molar-refractivity contribution < 1.29 is 19.0 Å². The van der Waals surface area contributed by atoms with Crippen molar-refractivity contribution in [3.63, 3.8) is 0 Å². The van der Waals surface area contributed by atoms with Gasteiger partial charge in [-0.15, -0.1) is 0 Å². The summed E-state index contributed by atoms with van der Waals surface area (Å²) in [4.78, 5) is 11.6. The number of methoxy groups -OCH3 is 2. The first-order valence-corrected chi connectivity index (χ1v) is 6.46. The Morgan fingerprint density at radius 2 is 2.00 bits per heavy atom. The fourth-order valence-corrected chi connectivity index (χ4v) is 1.74. The van der Waals surface area contributed by atoms with Crippen LogP contribution in [0.3, 0.4) is 0 Å². The Bertz CT molecular complexity index is 469. The Balaban J connectivity index is 2.93. The first kappa shape index (κ1) is 16.3. The van der Waals surface area contributed by atoms with Crippen LogP contribution in [-0.2, 0) is 9.53 Å². The van der Waals surface area contributed by atoms with E-state index in [1.54, 1.807) is 27.0 Å². The summed E-state index contributed by atoms with van der Waals surface area (Å²) >= 11 is 0. The molecule has 0 aliphatic heterocycles. The van der Waals surface area contributed by atoms with E-state index in [4.69, 9.17) is 19.9 Å². The molecule has 1 aromatic rings. The Morgan fingerprint density at radius 3 is 2.50 bits per heavy atom. The molecule has 1 atom stereocenters. The van der Waals surface area contributed by atoms with Crippen LogP contribution >= 0.6 is 0 Å². The topological polar surface area (TPSA) is 70.8 Å². The van der Waals surface area contributed by atoms with Crippen LogP contribution in [0.4, 0.5) is 0 Å². The molecule has 0 saturated heterocycles. The quantitative estimate of drug-likeness (QED) is 0.810. The maximum Gasteiger partial charge on any atom is 0.314 e. The number of hydrogen-bond acceptors (Lipinski definition) is 5. The van der Waals surface area contributed by atoms with Gasteiger partial charge in [-0.05, 0) is 26.8 Å². The van der Waals surface area contributed by atoms with Crippen LogP contribution in [-0.4, -0.2) is 26.8 Å². The van der Waals surface area contributed by atoms with E-state index in [1.807, 2.05) is 19.1 Å². The molecule has 0 aromatic heterocycles. The molecule has 0 aliphatic carbocycles. The molecule has 0 unspecified atom stereocenters. The van der Waals surface area contributed by atoms with Crippen LogP contribution in [0, 0.1) is 5.41 Å². The molecule has 0 spiro atoms. The van der Waals surface area contributed by atoms with E-state index >= 15 is 0 Å². The van der Waals surface area contributed by atoms with Gasteiger partial charge in [-0.1, -0.05) is 6.07 Å². The molecule has 112 valence electrons. The van der Waals surface area contributed by atoms with E-state index in [9.17, 15) is 4.79 Å². The Kier molecular flexibility index (Phi) is 5.39. The van der Waals surface area contributed by atoms with E-state index in [1.165, 1.54) is 7.11 Å². The van der Waals surface area contributed by atoms with Gasteiger partial charge in [0.05, 0.1) is 19.6 Å². The second kappa shape index (κ2) is 6.61. The van der Waals surface area contributed by atoms with Crippen molar-refractivity contribution in [3.05, 3.63) is 23.8 Å². The summed E-state index contributed by atoms with van der Waals surface area (Å²) in [5.41, 5.74) is 6.06. The van der Waals surface area contributed by atoms with Gasteiger partial charge >= 0.3 is 5.97 Å². The van der Waals surface area contributed by atoms with Crippen LogP contribution in [0.25, 0.3) is 0 Å². The molecule has 20 heavy (non-hydrogen) atoms. The van der Waals surface area contributed by atoms with E-state index in [0.29, 0.717) is 11.5 Å². The molecule has 0 amide bonds. The van der Waals surface area contributed by atoms with Gasteiger partial charge in [0.2, 0.25) is 0 Å². The lowest BCUT2D eigenvalue weighted by Gasteiger charge is -2.23. The average Bonchev–Trinajstić information content (AvgIpc) is 2.43. The number of nitrogens with two attached hydrogens (primary N) is 1. The van der Waals surface area contributed by atoms with Gasteiger partial charge in [0, 0.05) is 17.7 Å². The zero-order valence-electron chi connectivity index (χ0n) is 12.7. The number of carbonyl (C=O) groups is 1. The van der Waals surface area contributed by atoms with Gasteiger partial charge in [0.15, 0.2) is 0 Å². The summed E-state index contributed by atoms with van der Waals surface area (Å²) in [7, 11) is 2.95. The van der Waals surface area contributed by atoms with Crippen LogP contribution in [0.1, 0.15) is 32.4 Å². The molecule has 0 heterocycles. The van der Waals surface area contributed by atoms with E-state index in [0.717, 1.165) is 5.56 Å². The first-order chi connectivity index (χ1) is 9.31. The van der Waals surface area contributed by atoms with Gasteiger partial charge in [-0.25, -0.2) is 0 Å². The Hall–Kier alpha value is -1.75. The highest BCUT2D eigenvalue weighted by atomic mass is 16.5. The fraction of sp³-hybridized carbons (Fsp3) is 0.533. The maximum atomic E-state index is 11.6. The van der Waals surface area contributed by atoms with E-state index in [2.05, 4.69) is 0 Å². The average molecular weight is 281 g/mol. The standard InChI is InChI=1S/C15H23NO4/c1-10(16)12-7-6-11(18-4)8-13(12)20-9-15(2,3)14(17)19-5/h6-8,10H,9,16H2,1-5H3/t10-/m0/s1. The second-order valence-electron chi connectivity index (χ2n) is 5.36. The molecular weight excluding hydrogens is 258 g/mol. The Morgan fingerprint density at radius 1 is 1.35 bits per heavy atom. The van der Waals surface area contributed by atoms with Crippen LogP contribution in [0.2, 0.25) is 0 Å². The molecule has 0 fully saturated rings. The number of rotatable bonds is 6. The molecular formula is C15H23NO4. The summed E-state index contributed by atoms with van der Waals surface area (Å²) in [5.74, 6) is 0.986. The summed E-state index contributed by atoms with van der Waals surface area (Å²) in [6.45, 7) is 5.61. The minimum atomic E-state index is -0.729. The second-order valence-corrected chi connectivity index (χ2v) is 5.36. The third-order valence-electron chi connectivity index (χ3n) is 3.04. The third kappa shape index (κ3) is 3.87. The predicted octanol–water partition coefficient (Wildman–Crippen LogP) is 2.29. The molecule has 1 rings (SSSR count). The summed E-state index contributed by atoms with van der Waals surface area (Å²) in [6, 6.07) is 5.30. The zero-order chi connectivity index (χ0) is 15.3. The zero-order valence-corrected chi connectivity index (χ0v) is 12.7. The largest absolute Gasteiger partial charge is 0.497 e. The lowest BCUT2D eigenvalue weighted by Crippen LogP contribution is -2.32. The summed E-state index contributed by atoms with van der Waals surface area (Å²) in [5, 5.41) is 0. The SMILES string of the molecule is COC(=O)C(C)(C)COc1cc(OC)ccc1[C@H](C)N. The van der Waals surface area contributed by atoms with Crippen molar-refractivity contribution in [1.82, 2.24) is 0 Å². The molecule has 0 bridgehead atoms. The van der Waals surface area contributed by atoms with Crippen molar-refractivity contribution in [2.45, 2.75) is 26.8 Å². The molecule has 5 heteroatoms. The molecule has 1 aromatic carbocycles. The molecule has 0 radical (unpaired) electrons. The minimum absolute atomic E-state index is 0.169. The van der Waals surface area contributed by atoms with Gasteiger partial charge in [-0.3, -0.25) is 4.79 Å². The number of carbonyl (C=O) groups excluding carboxylic acids is 1. The molecule has 2 N–H and O–H groups in total. The van der Waals surface area contributed by atoms with Crippen LogP contribution in [0.15, 0.2) is 18.2 Å². The maximum absolute atomic E-state index is 11.6. The highest BCUT2D eigenvalue weighted by molar-refractivity contribution is 5.75. The Labute approximate surface area is 120 Å². The van der Waals surface area contributed by atoms with E-state index in [-0.39, 0.29) is 18.6 Å². The molecule has 0 aliphatic rings. The predicted molar refractivity (Wildman–Crippen MR) is 76.9 cm³/mol. The lowest BCUT2D eigenvalue weighted by atomic mass is 9.95. The molecule has 0 saturated carbocycles. The number of hydrogen-bond donors (Lipinski definition) is 1. The first-order valence-electron chi connectivity index (χ1n) is 6.46. The fourth-order valence-electron chi connectivity index (χ4n) is 1.74. The van der Waals surface area contributed by atoms with Crippen molar-refractivity contribution in [1.29, 1.82) is 0 Å². The number of esters is 1. The minimum Gasteiger partial charge on any atom is -0.497 e. The van der Waals surface area contributed by atoms with Gasteiger partial charge in [-0.2, -0.15) is 0 Å². The summed E-state index contributed by atoms with van der Waals surface area (Å²) in [6.07, 6.45) is 0. The monoisotopic (exact) mass is 281 g/mol. The number of benzene rings is 1. The number of ether oxygens (including phenoxy) is 3. The van der Waals surface area contributed by atoms with Gasteiger partial charge in [0.25, 0.3) is 0 Å². The van der Waals surface area contributed by atoms with Gasteiger partial charge < -0.3 is 19.9 Å². The normalized spacial score (nSPS) is 12.7. The van der Waals surface area contributed by atoms with Gasteiger partial charge in [0.1, 0.15) is 18.1 Å². The lowest BCUT2D eigenvalue weighted by molar-refractivity contribution is -0.152. The van der Waals surface area contributed by atoms with Crippen molar-refractivity contribution in [2.24, 2.45) is 11.1 Å². The highest BCUT2D eigenvalue weighted by Gasteiger charge is 2.30. The van der Waals surface area contributed by atoms with E-state index < -0.39 is 5.41 Å². The third-order valence-corrected chi connectivity index (χ3v) is 3.04. The van der Waals surface area contributed by atoms with Crippen molar-refractivity contribution in [3.8, 4) is 11.5 Å². The summed E-state index contributed by atoms with van der Waals surface area (Å²) < 4.78 is 15.7. The van der Waals surface area contributed by atoms with Crippen molar-refractivity contribution >= 4 is 5.97 Å². The van der Waals surface area contributed by atoms with Crippen LogP contribution < -0.4 is 15.2 Å². The van der Waals surface area contributed by atoms with Crippen molar-refractivity contribution in [2.75, 3.05) is 20.8 Å². The smallest absolute Gasteiger partial charge is 0.314 e. The van der Waals surface area contributed by atoms with Crippen LogP contribution in [0.5, 0.6) is 11.5 Å².